The first-order valence-corrected chi connectivity index (χ1v) is 4.35. The number of hydrogen-bond acceptors (Lipinski definition) is 2. The molecule has 1 aromatic carbocycles. The molecular weight excluding hydrogens is 241 g/mol. The summed E-state index contributed by atoms with van der Waals surface area (Å²) in [5.74, 6) is 0. The number of isocyanates is 1. The Morgan fingerprint density at radius 1 is 1.58 bits per heavy atom. The minimum absolute atomic E-state index is 0.449. The van der Waals surface area contributed by atoms with Crippen LogP contribution in [0.5, 0.6) is 0 Å². The van der Waals surface area contributed by atoms with Crippen molar-refractivity contribution in [2.45, 2.75) is 6.92 Å². The molecule has 0 aliphatic carbocycles. The van der Waals surface area contributed by atoms with Crippen LogP contribution in [0.15, 0.2) is 21.6 Å². The van der Waals surface area contributed by atoms with Crippen LogP contribution in [-0.2, 0) is 4.79 Å². The van der Waals surface area contributed by atoms with Crippen LogP contribution in [0.3, 0.4) is 0 Å². The standard InChI is InChI=1S/C8H5BrClNO/c1-5-2-6(9)3-7(10)8(5)11-4-12/h2-3H,1H3. The molecule has 12 heavy (non-hydrogen) atoms. The molecule has 2 nitrogen and oxygen atoms in total. The molecule has 0 heterocycles. The van der Waals surface area contributed by atoms with Crippen LogP contribution in [0.2, 0.25) is 5.02 Å². The molecule has 0 radical (unpaired) electrons. The van der Waals surface area contributed by atoms with Crippen molar-refractivity contribution in [1.82, 2.24) is 0 Å². The fraction of sp³-hybridized carbons (Fsp3) is 0.125. The smallest absolute Gasteiger partial charge is 0.211 e. The van der Waals surface area contributed by atoms with Crippen LogP contribution in [0.1, 0.15) is 5.56 Å². The van der Waals surface area contributed by atoms with Crippen molar-refractivity contribution in [3.63, 3.8) is 0 Å². The number of halogens is 2. The molecule has 0 N–H and O–H groups in total. The van der Waals surface area contributed by atoms with Gasteiger partial charge < -0.3 is 0 Å². The number of rotatable bonds is 1. The number of hydrogen-bond donors (Lipinski definition) is 0. The number of aryl methyl sites for hydroxylation is 1. The van der Waals surface area contributed by atoms with Crippen molar-refractivity contribution in [2.75, 3.05) is 0 Å². The molecule has 62 valence electrons. The zero-order valence-electron chi connectivity index (χ0n) is 6.27. The molecule has 0 unspecified atom stereocenters. The van der Waals surface area contributed by atoms with Gasteiger partial charge in [0.2, 0.25) is 6.08 Å². The zero-order valence-corrected chi connectivity index (χ0v) is 8.61. The summed E-state index contributed by atoms with van der Waals surface area (Å²) in [7, 11) is 0. The van der Waals surface area contributed by atoms with Crippen molar-refractivity contribution in [1.29, 1.82) is 0 Å². The lowest BCUT2D eigenvalue weighted by Gasteiger charge is -2.01. The SMILES string of the molecule is Cc1cc(Br)cc(Cl)c1N=C=O. The van der Waals surface area contributed by atoms with Crippen molar-refractivity contribution >= 4 is 39.3 Å². The maximum Gasteiger partial charge on any atom is 0.240 e. The van der Waals surface area contributed by atoms with Gasteiger partial charge in [0, 0.05) is 4.47 Å². The van der Waals surface area contributed by atoms with Crippen LogP contribution in [-0.4, -0.2) is 6.08 Å². The molecule has 1 aromatic rings. The van der Waals surface area contributed by atoms with Gasteiger partial charge in [0.25, 0.3) is 0 Å². The molecule has 0 aliphatic heterocycles. The average Bonchev–Trinajstić information content (AvgIpc) is 1.96. The molecule has 1 rings (SSSR count). The van der Waals surface area contributed by atoms with E-state index in [1.807, 2.05) is 13.0 Å². The van der Waals surface area contributed by atoms with Crippen molar-refractivity contribution < 1.29 is 4.79 Å². The van der Waals surface area contributed by atoms with Crippen LogP contribution in [0, 0.1) is 6.92 Å². The summed E-state index contributed by atoms with van der Waals surface area (Å²) in [5.41, 5.74) is 1.33. The van der Waals surface area contributed by atoms with E-state index >= 15 is 0 Å². The summed E-state index contributed by atoms with van der Waals surface area (Å²) in [6, 6.07) is 3.52. The van der Waals surface area contributed by atoms with Crippen LogP contribution in [0.25, 0.3) is 0 Å². The lowest BCUT2D eigenvalue weighted by atomic mass is 10.2. The lowest BCUT2D eigenvalue weighted by molar-refractivity contribution is 0.565. The molecule has 0 spiro atoms. The highest BCUT2D eigenvalue weighted by Gasteiger charge is 2.03. The van der Waals surface area contributed by atoms with E-state index in [4.69, 9.17) is 11.6 Å². The molecule has 0 bridgehead atoms. The van der Waals surface area contributed by atoms with E-state index in [1.54, 1.807) is 6.07 Å². The normalized spacial score (nSPS) is 9.25. The van der Waals surface area contributed by atoms with Gasteiger partial charge in [0.15, 0.2) is 0 Å². The first-order chi connectivity index (χ1) is 5.65. The van der Waals surface area contributed by atoms with E-state index in [0.29, 0.717) is 10.7 Å². The Hall–Kier alpha value is -0.630. The van der Waals surface area contributed by atoms with E-state index in [2.05, 4.69) is 20.9 Å². The molecule has 0 aromatic heterocycles. The highest BCUT2D eigenvalue weighted by Crippen LogP contribution is 2.31. The van der Waals surface area contributed by atoms with Crippen molar-refractivity contribution in [3.05, 3.63) is 27.2 Å². The number of carbonyl (C=O) groups excluding carboxylic acids is 1. The van der Waals surface area contributed by atoms with E-state index in [9.17, 15) is 4.79 Å². The van der Waals surface area contributed by atoms with Crippen molar-refractivity contribution in [2.24, 2.45) is 4.99 Å². The average molecular weight is 246 g/mol. The molecule has 0 aliphatic rings. The van der Waals surface area contributed by atoms with Gasteiger partial charge in [-0.05, 0) is 24.6 Å². The quantitative estimate of drug-likeness (QED) is 0.552. The summed E-state index contributed by atoms with van der Waals surface area (Å²) in [6.45, 7) is 1.83. The fourth-order valence-corrected chi connectivity index (χ4v) is 1.89. The second kappa shape index (κ2) is 3.85. The zero-order chi connectivity index (χ0) is 9.14. The Bertz CT molecular complexity index is 335. The predicted octanol–water partition coefficient (Wildman–Crippen LogP) is 3.38. The van der Waals surface area contributed by atoms with Gasteiger partial charge in [0.1, 0.15) is 0 Å². The Balaban J connectivity index is 3.37. The van der Waals surface area contributed by atoms with Gasteiger partial charge in [-0.25, -0.2) is 4.79 Å². The van der Waals surface area contributed by atoms with Gasteiger partial charge in [-0.15, -0.1) is 0 Å². The van der Waals surface area contributed by atoms with Crippen LogP contribution >= 0.6 is 27.5 Å². The minimum atomic E-state index is 0.449. The predicted molar refractivity (Wildman–Crippen MR) is 51.7 cm³/mol. The van der Waals surface area contributed by atoms with Gasteiger partial charge in [-0.3, -0.25) is 0 Å². The number of nitrogens with zero attached hydrogens (tertiary/aromatic N) is 1. The number of aliphatic imine (C=N–C) groups is 1. The highest BCUT2D eigenvalue weighted by atomic mass is 79.9. The molecule has 0 amide bonds. The van der Waals surface area contributed by atoms with E-state index in [0.717, 1.165) is 10.0 Å². The Kier molecular flexibility index (Phi) is 3.04. The summed E-state index contributed by atoms with van der Waals surface area (Å²) in [6.07, 6.45) is 1.46. The topological polar surface area (TPSA) is 29.4 Å². The first kappa shape index (κ1) is 9.46. The second-order valence-electron chi connectivity index (χ2n) is 2.26. The van der Waals surface area contributed by atoms with Crippen LogP contribution < -0.4 is 0 Å². The Labute approximate surface area is 83.4 Å². The highest BCUT2D eigenvalue weighted by molar-refractivity contribution is 9.10. The maximum atomic E-state index is 10.0. The lowest BCUT2D eigenvalue weighted by Crippen LogP contribution is -1.76. The van der Waals surface area contributed by atoms with Gasteiger partial charge >= 0.3 is 0 Å². The van der Waals surface area contributed by atoms with Crippen molar-refractivity contribution in [3.8, 4) is 0 Å². The summed E-state index contributed by atoms with van der Waals surface area (Å²) < 4.78 is 0.870. The molecule has 0 atom stereocenters. The monoisotopic (exact) mass is 245 g/mol. The van der Waals surface area contributed by atoms with E-state index < -0.39 is 0 Å². The van der Waals surface area contributed by atoms with Gasteiger partial charge in [0.05, 0.1) is 10.7 Å². The fourth-order valence-electron chi connectivity index (χ4n) is 0.882. The molecular formula is C8H5BrClNO. The third-order valence-electron chi connectivity index (χ3n) is 1.38. The summed E-state index contributed by atoms with van der Waals surface area (Å²) in [5, 5.41) is 0.449. The largest absolute Gasteiger partial charge is 0.240 e. The molecule has 4 heteroatoms. The molecule has 0 saturated heterocycles. The van der Waals surface area contributed by atoms with Crippen LogP contribution in [0.4, 0.5) is 5.69 Å². The Morgan fingerprint density at radius 2 is 2.25 bits per heavy atom. The number of benzene rings is 1. The summed E-state index contributed by atoms with van der Waals surface area (Å²) in [4.78, 5) is 13.5. The van der Waals surface area contributed by atoms with Gasteiger partial charge in [-0.2, -0.15) is 4.99 Å². The summed E-state index contributed by atoms with van der Waals surface area (Å²) >= 11 is 9.08. The van der Waals surface area contributed by atoms with Gasteiger partial charge in [-0.1, -0.05) is 27.5 Å². The first-order valence-electron chi connectivity index (χ1n) is 3.18. The maximum absolute atomic E-state index is 10.0. The third-order valence-corrected chi connectivity index (χ3v) is 2.12. The van der Waals surface area contributed by atoms with E-state index in [1.165, 1.54) is 6.08 Å². The third kappa shape index (κ3) is 1.95. The minimum Gasteiger partial charge on any atom is -0.211 e. The Morgan fingerprint density at radius 3 is 2.75 bits per heavy atom. The molecule has 0 fully saturated rings. The second-order valence-corrected chi connectivity index (χ2v) is 3.58. The van der Waals surface area contributed by atoms with E-state index in [-0.39, 0.29) is 0 Å². The molecule has 0 saturated carbocycles.